The van der Waals surface area contributed by atoms with Gasteiger partial charge in [0.05, 0.1) is 0 Å². The molecule has 0 aromatic heterocycles. The highest BCUT2D eigenvalue weighted by Crippen LogP contribution is 2.15. The van der Waals surface area contributed by atoms with Crippen LogP contribution in [-0.2, 0) is 11.2 Å². The number of rotatable bonds is 4. The van der Waals surface area contributed by atoms with E-state index in [0.717, 1.165) is 6.42 Å². The average molecular weight is 251 g/mol. The number of hydrogen-bond acceptors (Lipinski definition) is 2. The number of amides is 1. The van der Waals surface area contributed by atoms with Crippen molar-refractivity contribution in [3.05, 3.63) is 29.8 Å². The van der Waals surface area contributed by atoms with Gasteiger partial charge in [0.15, 0.2) is 0 Å². The molecule has 0 unspecified atom stereocenters. The molecule has 0 aliphatic heterocycles. The van der Waals surface area contributed by atoms with Crippen LogP contribution in [0.25, 0.3) is 0 Å². The van der Waals surface area contributed by atoms with Crippen LogP contribution in [0.4, 0.5) is 0 Å². The second-order valence-corrected chi connectivity index (χ2v) is 5.98. The van der Waals surface area contributed by atoms with Crippen LogP contribution < -0.4 is 5.32 Å². The van der Waals surface area contributed by atoms with Gasteiger partial charge in [0.1, 0.15) is 0 Å². The third kappa shape index (κ3) is 4.82. The maximum Gasteiger partial charge on any atom is 0.225 e. The summed E-state index contributed by atoms with van der Waals surface area (Å²) >= 11 is 1.74. The molecule has 0 bridgehead atoms. The van der Waals surface area contributed by atoms with E-state index in [0.29, 0.717) is 6.54 Å². The lowest BCUT2D eigenvalue weighted by atomic mass is 9.95. The van der Waals surface area contributed by atoms with Crippen molar-refractivity contribution < 1.29 is 4.79 Å². The summed E-state index contributed by atoms with van der Waals surface area (Å²) in [5.74, 6) is 0.109. The molecule has 3 heteroatoms. The lowest BCUT2D eigenvalue weighted by Crippen LogP contribution is -2.35. The van der Waals surface area contributed by atoms with E-state index in [1.54, 1.807) is 11.8 Å². The highest BCUT2D eigenvalue weighted by molar-refractivity contribution is 7.98. The number of carbonyl (C=O) groups is 1. The van der Waals surface area contributed by atoms with Crippen LogP contribution in [0.2, 0.25) is 0 Å². The molecular weight excluding hydrogens is 230 g/mol. The zero-order chi connectivity index (χ0) is 12.9. The van der Waals surface area contributed by atoms with Crippen molar-refractivity contribution in [3.63, 3.8) is 0 Å². The van der Waals surface area contributed by atoms with E-state index in [4.69, 9.17) is 0 Å². The minimum atomic E-state index is -0.303. The summed E-state index contributed by atoms with van der Waals surface area (Å²) in [5, 5.41) is 2.96. The van der Waals surface area contributed by atoms with Crippen LogP contribution in [0, 0.1) is 5.41 Å². The fourth-order valence-electron chi connectivity index (χ4n) is 1.38. The summed E-state index contributed by atoms with van der Waals surface area (Å²) in [5.41, 5.74) is 0.958. The van der Waals surface area contributed by atoms with Crippen molar-refractivity contribution in [2.45, 2.75) is 32.1 Å². The first kappa shape index (κ1) is 14.1. The minimum Gasteiger partial charge on any atom is -0.355 e. The largest absolute Gasteiger partial charge is 0.355 e. The SMILES string of the molecule is CSc1ccc(CCNC(=O)C(C)(C)C)cc1. The Bertz CT molecular complexity index is 365. The Balaban J connectivity index is 2.38. The van der Waals surface area contributed by atoms with Gasteiger partial charge in [-0.1, -0.05) is 32.9 Å². The molecule has 1 aromatic carbocycles. The molecule has 17 heavy (non-hydrogen) atoms. The van der Waals surface area contributed by atoms with Gasteiger partial charge in [-0.3, -0.25) is 4.79 Å². The second-order valence-electron chi connectivity index (χ2n) is 5.10. The van der Waals surface area contributed by atoms with Gasteiger partial charge < -0.3 is 5.32 Å². The number of benzene rings is 1. The van der Waals surface area contributed by atoms with E-state index in [9.17, 15) is 4.79 Å². The Morgan fingerprint density at radius 1 is 1.24 bits per heavy atom. The van der Waals surface area contributed by atoms with Gasteiger partial charge in [0.25, 0.3) is 0 Å². The van der Waals surface area contributed by atoms with E-state index >= 15 is 0 Å². The third-order valence-corrected chi connectivity index (χ3v) is 3.28. The number of carbonyl (C=O) groups excluding carboxylic acids is 1. The summed E-state index contributed by atoms with van der Waals surface area (Å²) in [7, 11) is 0. The Morgan fingerprint density at radius 2 is 1.82 bits per heavy atom. The van der Waals surface area contributed by atoms with E-state index in [1.165, 1.54) is 10.5 Å². The Labute approximate surface area is 108 Å². The molecule has 94 valence electrons. The van der Waals surface area contributed by atoms with Crippen LogP contribution in [0.5, 0.6) is 0 Å². The smallest absolute Gasteiger partial charge is 0.225 e. The molecule has 0 saturated heterocycles. The molecule has 1 aromatic rings. The van der Waals surface area contributed by atoms with Crippen LogP contribution in [-0.4, -0.2) is 18.7 Å². The van der Waals surface area contributed by atoms with Crippen molar-refractivity contribution in [1.82, 2.24) is 5.32 Å². The molecule has 0 heterocycles. The predicted octanol–water partition coefficient (Wildman–Crippen LogP) is 3.11. The third-order valence-electron chi connectivity index (χ3n) is 2.54. The molecule has 0 radical (unpaired) electrons. The summed E-state index contributed by atoms with van der Waals surface area (Å²) in [4.78, 5) is 12.9. The zero-order valence-electron chi connectivity index (χ0n) is 11.0. The van der Waals surface area contributed by atoms with Crippen LogP contribution in [0.3, 0.4) is 0 Å². The topological polar surface area (TPSA) is 29.1 Å². The first-order valence-corrected chi connectivity index (χ1v) is 7.07. The highest BCUT2D eigenvalue weighted by Gasteiger charge is 2.20. The number of thioether (sulfide) groups is 1. The zero-order valence-corrected chi connectivity index (χ0v) is 11.9. The number of hydrogen-bond donors (Lipinski definition) is 1. The maximum atomic E-state index is 11.6. The van der Waals surface area contributed by atoms with E-state index < -0.39 is 0 Å². The van der Waals surface area contributed by atoms with Gasteiger partial charge in [-0.15, -0.1) is 11.8 Å². The standard InChI is InChI=1S/C14H21NOS/c1-14(2,3)13(16)15-10-9-11-5-7-12(17-4)8-6-11/h5-8H,9-10H2,1-4H3,(H,15,16). The molecule has 0 spiro atoms. The molecule has 0 atom stereocenters. The van der Waals surface area contributed by atoms with Gasteiger partial charge in [-0.05, 0) is 30.4 Å². The number of nitrogens with one attached hydrogen (secondary N) is 1. The molecule has 0 fully saturated rings. The Hall–Kier alpha value is -0.960. The summed E-state index contributed by atoms with van der Waals surface area (Å²) in [6, 6.07) is 8.47. The first-order chi connectivity index (χ1) is 7.93. The molecule has 1 amide bonds. The van der Waals surface area contributed by atoms with Gasteiger partial charge >= 0.3 is 0 Å². The van der Waals surface area contributed by atoms with Crippen molar-refractivity contribution in [2.24, 2.45) is 5.41 Å². The lowest BCUT2D eigenvalue weighted by Gasteiger charge is -2.17. The second kappa shape index (κ2) is 6.10. The van der Waals surface area contributed by atoms with Crippen molar-refractivity contribution >= 4 is 17.7 Å². The fourth-order valence-corrected chi connectivity index (χ4v) is 1.79. The predicted molar refractivity (Wildman–Crippen MR) is 74.4 cm³/mol. The lowest BCUT2D eigenvalue weighted by molar-refractivity contribution is -0.128. The molecule has 1 N–H and O–H groups in total. The van der Waals surface area contributed by atoms with Gasteiger partial charge in [-0.25, -0.2) is 0 Å². The summed E-state index contributed by atoms with van der Waals surface area (Å²) in [6.07, 6.45) is 2.95. The fraction of sp³-hybridized carbons (Fsp3) is 0.500. The van der Waals surface area contributed by atoms with Gasteiger partial charge in [0, 0.05) is 16.9 Å². The normalized spacial score (nSPS) is 11.3. The Morgan fingerprint density at radius 3 is 2.29 bits per heavy atom. The van der Waals surface area contributed by atoms with E-state index in [1.807, 2.05) is 20.8 Å². The van der Waals surface area contributed by atoms with E-state index in [2.05, 4.69) is 35.8 Å². The van der Waals surface area contributed by atoms with Crippen molar-refractivity contribution in [3.8, 4) is 0 Å². The van der Waals surface area contributed by atoms with Crippen LogP contribution >= 0.6 is 11.8 Å². The minimum absolute atomic E-state index is 0.109. The van der Waals surface area contributed by atoms with Gasteiger partial charge in [-0.2, -0.15) is 0 Å². The molecule has 2 nitrogen and oxygen atoms in total. The van der Waals surface area contributed by atoms with Gasteiger partial charge in [0.2, 0.25) is 5.91 Å². The molecule has 1 rings (SSSR count). The first-order valence-electron chi connectivity index (χ1n) is 5.84. The van der Waals surface area contributed by atoms with E-state index in [-0.39, 0.29) is 11.3 Å². The molecule has 0 aliphatic carbocycles. The molecule has 0 saturated carbocycles. The quantitative estimate of drug-likeness (QED) is 0.833. The Kier molecular flexibility index (Phi) is 5.06. The molecule has 0 aliphatic rings. The summed E-state index contributed by atoms with van der Waals surface area (Å²) < 4.78 is 0. The van der Waals surface area contributed by atoms with Crippen molar-refractivity contribution in [2.75, 3.05) is 12.8 Å². The average Bonchev–Trinajstić information content (AvgIpc) is 2.28. The van der Waals surface area contributed by atoms with Crippen LogP contribution in [0.15, 0.2) is 29.2 Å². The molecular formula is C14H21NOS. The maximum absolute atomic E-state index is 11.6. The monoisotopic (exact) mass is 251 g/mol. The van der Waals surface area contributed by atoms with Crippen LogP contribution in [0.1, 0.15) is 26.3 Å². The van der Waals surface area contributed by atoms with Crippen molar-refractivity contribution in [1.29, 1.82) is 0 Å². The summed E-state index contributed by atoms with van der Waals surface area (Å²) in [6.45, 7) is 6.48. The highest BCUT2D eigenvalue weighted by atomic mass is 32.2.